The number of thiophene rings is 1. The highest BCUT2D eigenvalue weighted by atomic mass is 127. The fourth-order valence-electron chi connectivity index (χ4n) is 2.52. The highest BCUT2D eigenvalue weighted by Crippen LogP contribution is 2.15. The lowest BCUT2D eigenvalue weighted by atomic mass is 10.2. The Morgan fingerprint density at radius 1 is 1.11 bits per heavy atom. The Labute approximate surface area is 190 Å². The summed E-state index contributed by atoms with van der Waals surface area (Å²) in [7, 11) is 4.15. The molecule has 0 spiro atoms. The first kappa shape index (κ1) is 24.7. The van der Waals surface area contributed by atoms with Gasteiger partial charge in [0.1, 0.15) is 5.75 Å². The Balaban J connectivity index is 0.00000392. The zero-order valence-electron chi connectivity index (χ0n) is 17.3. The lowest BCUT2D eigenvalue weighted by molar-refractivity contribution is 0.281. The molecule has 0 saturated carbocycles. The van der Waals surface area contributed by atoms with Crippen LogP contribution in [0.25, 0.3) is 0 Å². The van der Waals surface area contributed by atoms with E-state index in [0.717, 1.165) is 44.4 Å². The van der Waals surface area contributed by atoms with E-state index in [1.165, 1.54) is 15.3 Å². The van der Waals surface area contributed by atoms with Crippen molar-refractivity contribution < 1.29 is 4.74 Å². The van der Waals surface area contributed by atoms with Gasteiger partial charge in [-0.2, -0.15) is 0 Å². The maximum atomic E-state index is 5.78. The normalized spacial score (nSPS) is 11.2. The summed E-state index contributed by atoms with van der Waals surface area (Å²) in [4.78, 5) is 9.49. The van der Waals surface area contributed by atoms with Crippen molar-refractivity contribution in [3.63, 3.8) is 0 Å². The summed E-state index contributed by atoms with van der Waals surface area (Å²) in [5, 5.41) is 6.70. The van der Waals surface area contributed by atoms with Crippen LogP contribution in [0, 0.1) is 6.92 Å². The number of hydrogen-bond donors (Lipinski definition) is 2. The zero-order valence-corrected chi connectivity index (χ0v) is 20.5. The minimum atomic E-state index is 0. The zero-order chi connectivity index (χ0) is 19.5. The molecule has 0 saturated heterocycles. The molecule has 7 heteroatoms. The predicted octanol–water partition coefficient (Wildman–Crippen LogP) is 4.26. The SMILES string of the molecule is CCNC(=NCc1ccc(OCCCN(C)C)cc1)NCc1ccc(C)s1.I. The molecule has 0 atom stereocenters. The van der Waals surface area contributed by atoms with Gasteiger partial charge in [0.25, 0.3) is 0 Å². The number of halogens is 1. The van der Waals surface area contributed by atoms with E-state index in [1.807, 2.05) is 23.5 Å². The minimum absolute atomic E-state index is 0. The first-order chi connectivity index (χ1) is 13.1. The molecule has 156 valence electrons. The lowest BCUT2D eigenvalue weighted by Gasteiger charge is -2.11. The summed E-state index contributed by atoms with van der Waals surface area (Å²) in [6.45, 7) is 8.27. The summed E-state index contributed by atoms with van der Waals surface area (Å²) in [5.74, 6) is 1.76. The van der Waals surface area contributed by atoms with E-state index in [-0.39, 0.29) is 24.0 Å². The monoisotopic (exact) mass is 516 g/mol. The molecule has 1 aromatic heterocycles. The molecule has 0 aliphatic carbocycles. The standard InChI is InChI=1S/C21H32N4OS.HI/c1-5-22-21(24-16-20-12-7-17(2)27-20)23-15-18-8-10-19(11-9-18)26-14-6-13-25(3)4;/h7-12H,5-6,13-16H2,1-4H3,(H2,22,23,24);1H. The first-order valence-corrected chi connectivity index (χ1v) is 10.3. The van der Waals surface area contributed by atoms with Gasteiger partial charge < -0.3 is 20.3 Å². The van der Waals surface area contributed by atoms with Gasteiger partial charge in [0, 0.05) is 22.8 Å². The summed E-state index contributed by atoms with van der Waals surface area (Å²) in [6, 6.07) is 12.5. The molecule has 2 aromatic rings. The topological polar surface area (TPSA) is 48.9 Å². The molecule has 0 aliphatic rings. The van der Waals surface area contributed by atoms with Crippen molar-refractivity contribution in [1.29, 1.82) is 0 Å². The van der Waals surface area contributed by atoms with Gasteiger partial charge in [-0.3, -0.25) is 0 Å². The van der Waals surface area contributed by atoms with E-state index in [9.17, 15) is 0 Å². The number of guanidine groups is 1. The highest BCUT2D eigenvalue weighted by molar-refractivity contribution is 14.0. The van der Waals surface area contributed by atoms with E-state index in [0.29, 0.717) is 6.54 Å². The summed E-state index contributed by atoms with van der Waals surface area (Å²) in [6.07, 6.45) is 1.03. The number of hydrogen-bond acceptors (Lipinski definition) is 4. The Morgan fingerprint density at radius 2 is 1.86 bits per heavy atom. The van der Waals surface area contributed by atoms with Gasteiger partial charge in [0.05, 0.1) is 19.7 Å². The van der Waals surface area contributed by atoms with Gasteiger partial charge in [-0.25, -0.2) is 4.99 Å². The number of rotatable bonds is 10. The number of ether oxygens (including phenoxy) is 1. The van der Waals surface area contributed by atoms with Crippen LogP contribution in [0.15, 0.2) is 41.4 Å². The van der Waals surface area contributed by atoms with Crippen molar-refractivity contribution >= 4 is 41.3 Å². The molecule has 0 radical (unpaired) electrons. The molecule has 2 N–H and O–H groups in total. The van der Waals surface area contributed by atoms with Crippen molar-refractivity contribution in [2.75, 3.05) is 33.8 Å². The third-order valence-electron chi connectivity index (χ3n) is 3.93. The molecule has 0 amide bonds. The molecular formula is C21H33IN4OS. The van der Waals surface area contributed by atoms with Crippen molar-refractivity contribution in [3.8, 4) is 5.75 Å². The molecular weight excluding hydrogens is 483 g/mol. The second kappa shape index (κ2) is 13.8. The van der Waals surface area contributed by atoms with Gasteiger partial charge in [-0.15, -0.1) is 35.3 Å². The van der Waals surface area contributed by atoms with E-state index in [1.54, 1.807) is 0 Å². The third-order valence-corrected chi connectivity index (χ3v) is 4.93. The van der Waals surface area contributed by atoms with Gasteiger partial charge in [-0.1, -0.05) is 12.1 Å². The number of nitrogens with zero attached hydrogens (tertiary/aromatic N) is 2. The molecule has 0 bridgehead atoms. The van der Waals surface area contributed by atoms with Gasteiger partial charge in [0.15, 0.2) is 5.96 Å². The van der Waals surface area contributed by atoms with Crippen molar-refractivity contribution in [3.05, 3.63) is 51.7 Å². The number of benzene rings is 1. The quantitative estimate of drug-likeness (QED) is 0.215. The van der Waals surface area contributed by atoms with Gasteiger partial charge in [-0.05, 0) is 64.2 Å². The van der Waals surface area contributed by atoms with Gasteiger partial charge >= 0.3 is 0 Å². The van der Waals surface area contributed by atoms with E-state index < -0.39 is 0 Å². The molecule has 0 aliphatic heterocycles. The van der Waals surface area contributed by atoms with Crippen LogP contribution in [0.1, 0.15) is 28.7 Å². The van der Waals surface area contributed by atoms with E-state index in [2.05, 4.69) is 72.7 Å². The van der Waals surface area contributed by atoms with Crippen molar-refractivity contribution in [2.24, 2.45) is 4.99 Å². The van der Waals surface area contributed by atoms with Crippen LogP contribution in [-0.4, -0.2) is 44.7 Å². The second-order valence-corrected chi connectivity index (χ2v) is 8.08. The molecule has 1 heterocycles. The molecule has 0 unspecified atom stereocenters. The highest BCUT2D eigenvalue weighted by Gasteiger charge is 2.01. The third kappa shape index (κ3) is 9.75. The molecule has 2 rings (SSSR count). The molecule has 0 fully saturated rings. The predicted molar refractivity (Wildman–Crippen MR) is 131 cm³/mol. The smallest absolute Gasteiger partial charge is 0.191 e. The Hall–Kier alpha value is -1.32. The van der Waals surface area contributed by atoms with Gasteiger partial charge in [0.2, 0.25) is 0 Å². The summed E-state index contributed by atoms with van der Waals surface area (Å²) >= 11 is 1.81. The summed E-state index contributed by atoms with van der Waals surface area (Å²) < 4.78 is 5.78. The van der Waals surface area contributed by atoms with Crippen molar-refractivity contribution in [2.45, 2.75) is 33.4 Å². The van der Waals surface area contributed by atoms with Crippen LogP contribution in [0.3, 0.4) is 0 Å². The Kier molecular flexibility index (Phi) is 12.2. The Bertz CT molecular complexity index is 701. The fraction of sp³-hybridized carbons (Fsp3) is 0.476. The molecule has 1 aromatic carbocycles. The first-order valence-electron chi connectivity index (χ1n) is 9.50. The minimum Gasteiger partial charge on any atom is -0.494 e. The van der Waals surface area contributed by atoms with E-state index >= 15 is 0 Å². The lowest BCUT2D eigenvalue weighted by Crippen LogP contribution is -2.36. The number of aryl methyl sites for hydroxylation is 1. The van der Waals surface area contributed by atoms with Crippen LogP contribution in [0.2, 0.25) is 0 Å². The van der Waals surface area contributed by atoms with Crippen LogP contribution in [0.4, 0.5) is 0 Å². The largest absolute Gasteiger partial charge is 0.494 e. The number of aliphatic imine (C=N–C) groups is 1. The van der Waals surface area contributed by atoms with Crippen LogP contribution in [0.5, 0.6) is 5.75 Å². The molecule has 5 nitrogen and oxygen atoms in total. The van der Waals surface area contributed by atoms with E-state index in [4.69, 9.17) is 4.74 Å². The van der Waals surface area contributed by atoms with Crippen LogP contribution >= 0.6 is 35.3 Å². The fourth-order valence-corrected chi connectivity index (χ4v) is 3.36. The number of nitrogens with one attached hydrogen (secondary N) is 2. The maximum absolute atomic E-state index is 5.78. The average Bonchev–Trinajstić information content (AvgIpc) is 3.07. The molecule has 28 heavy (non-hydrogen) atoms. The average molecular weight is 516 g/mol. The maximum Gasteiger partial charge on any atom is 0.191 e. The summed E-state index contributed by atoms with van der Waals surface area (Å²) in [5.41, 5.74) is 1.17. The Morgan fingerprint density at radius 3 is 2.46 bits per heavy atom. The van der Waals surface area contributed by atoms with Crippen molar-refractivity contribution in [1.82, 2.24) is 15.5 Å². The van der Waals surface area contributed by atoms with Crippen LogP contribution in [-0.2, 0) is 13.1 Å². The second-order valence-electron chi connectivity index (χ2n) is 6.71. The van der Waals surface area contributed by atoms with Crippen LogP contribution < -0.4 is 15.4 Å².